The molecule has 2 aliphatic rings. The molecule has 2 fully saturated rings. The number of benzene rings is 1. The third-order valence-corrected chi connectivity index (χ3v) is 5.64. The number of hydrogen-bond donors (Lipinski definition) is 3. The van der Waals surface area contributed by atoms with Crippen molar-refractivity contribution in [2.24, 2.45) is 0 Å². The fourth-order valence-corrected chi connectivity index (χ4v) is 3.85. The molecule has 1 radical (unpaired) electrons. The first-order valence-electron chi connectivity index (χ1n) is 9.91. The van der Waals surface area contributed by atoms with Crippen molar-refractivity contribution in [1.29, 1.82) is 0 Å². The molecule has 0 saturated carbocycles. The highest BCUT2D eigenvalue weighted by molar-refractivity contribution is 5.97. The second-order valence-corrected chi connectivity index (χ2v) is 7.95. The first-order valence-corrected chi connectivity index (χ1v) is 9.91. The van der Waals surface area contributed by atoms with Crippen LogP contribution < -0.4 is 15.0 Å². The van der Waals surface area contributed by atoms with Crippen LogP contribution in [0.2, 0.25) is 0 Å². The van der Waals surface area contributed by atoms with Gasteiger partial charge in [-0.3, -0.25) is 5.32 Å². The predicted molar refractivity (Wildman–Crippen MR) is 110 cm³/mol. The normalized spacial score (nSPS) is 22.0. The van der Waals surface area contributed by atoms with Crippen molar-refractivity contribution >= 4 is 28.7 Å². The lowest BCUT2D eigenvalue weighted by molar-refractivity contribution is 0.00569. The van der Waals surface area contributed by atoms with Crippen molar-refractivity contribution in [2.45, 2.75) is 31.5 Å². The lowest BCUT2D eigenvalue weighted by Crippen LogP contribution is -2.46. The van der Waals surface area contributed by atoms with Crippen molar-refractivity contribution < 1.29 is 19.4 Å². The van der Waals surface area contributed by atoms with E-state index in [2.05, 4.69) is 27.1 Å². The average molecular weight is 402 g/mol. The molecule has 3 heterocycles. The standard InChI is InChI=1S/C20H28N5O4/c1-13-12-25(10-11-29-13)14-4-5-15(28-3)17-16(14)21-18(22-17)23-19(26)24-8-6-20(2,27)7-9-24/h4-5,13,27H,1,6-12H2,2-3H3,(H2,21,22,23,26). The highest BCUT2D eigenvalue weighted by atomic mass is 16.5. The number of aromatic amines is 1. The quantitative estimate of drug-likeness (QED) is 0.726. The summed E-state index contributed by atoms with van der Waals surface area (Å²) in [4.78, 5) is 24.3. The van der Waals surface area contributed by atoms with E-state index in [-0.39, 0.29) is 12.1 Å². The molecule has 1 unspecified atom stereocenters. The molecule has 9 heteroatoms. The summed E-state index contributed by atoms with van der Waals surface area (Å²) in [6, 6.07) is 3.63. The number of ether oxygens (including phenoxy) is 2. The van der Waals surface area contributed by atoms with Crippen molar-refractivity contribution in [1.82, 2.24) is 14.9 Å². The summed E-state index contributed by atoms with van der Waals surface area (Å²) in [5, 5.41) is 12.9. The first-order chi connectivity index (χ1) is 13.9. The van der Waals surface area contributed by atoms with E-state index in [4.69, 9.17) is 9.47 Å². The van der Waals surface area contributed by atoms with E-state index in [1.54, 1.807) is 18.9 Å². The number of rotatable bonds is 3. The molecular weight excluding hydrogens is 374 g/mol. The second kappa shape index (κ2) is 7.72. The summed E-state index contributed by atoms with van der Waals surface area (Å²) in [6.07, 6.45) is 1.01. The highest BCUT2D eigenvalue weighted by Crippen LogP contribution is 2.34. The molecule has 4 rings (SSSR count). The number of nitrogens with zero attached hydrogens (tertiary/aromatic N) is 3. The molecule has 3 N–H and O–H groups in total. The topological polar surface area (TPSA) is 103 Å². The number of carbonyl (C=O) groups excluding carboxylic acids is 1. The number of urea groups is 1. The van der Waals surface area contributed by atoms with Crippen molar-refractivity contribution in [3.63, 3.8) is 0 Å². The Balaban J connectivity index is 1.57. The van der Waals surface area contributed by atoms with E-state index in [0.29, 0.717) is 50.8 Å². The number of H-pyrrole nitrogens is 1. The van der Waals surface area contributed by atoms with E-state index in [9.17, 15) is 9.90 Å². The molecule has 0 aliphatic carbocycles. The van der Waals surface area contributed by atoms with Crippen LogP contribution in [0.5, 0.6) is 5.75 Å². The molecule has 2 saturated heterocycles. The molecule has 2 aliphatic heterocycles. The maximum absolute atomic E-state index is 12.6. The third-order valence-electron chi connectivity index (χ3n) is 5.64. The number of morpholine rings is 1. The van der Waals surface area contributed by atoms with E-state index in [1.807, 2.05) is 12.1 Å². The summed E-state index contributed by atoms with van der Waals surface area (Å²) < 4.78 is 11.0. The van der Waals surface area contributed by atoms with Gasteiger partial charge in [-0.25, -0.2) is 9.78 Å². The SMILES string of the molecule is [CH2]C1CN(c2ccc(OC)c3[nH]c(NC(=O)N4CCC(C)(O)CC4)nc23)CCO1. The Labute approximate surface area is 170 Å². The minimum Gasteiger partial charge on any atom is -0.494 e. The monoisotopic (exact) mass is 402 g/mol. The van der Waals surface area contributed by atoms with Crippen molar-refractivity contribution in [2.75, 3.05) is 50.1 Å². The zero-order valence-corrected chi connectivity index (χ0v) is 16.9. The highest BCUT2D eigenvalue weighted by Gasteiger charge is 2.30. The first kappa shape index (κ1) is 19.8. The van der Waals surface area contributed by atoms with Gasteiger partial charge < -0.3 is 29.4 Å². The smallest absolute Gasteiger partial charge is 0.324 e. The summed E-state index contributed by atoms with van der Waals surface area (Å²) in [5.74, 6) is 1.03. The fourth-order valence-electron chi connectivity index (χ4n) is 3.85. The second-order valence-electron chi connectivity index (χ2n) is 7.95. The van der Waals surface area contributed by atoms with Gasteiger partial charge in [-0.1, -0.05) is 0 Å². The van der Waals surface area contributed by atoms with Crippen LogP contribution in [0.25, 0.3) is 11.0 Å². The molecular formula is C20H28N5O4. The molecule has 9 nitrogen and oxygen atoms in total. The number of anilines is 2. The van der Waals surface area contributed by atoms with Crippen LogP contribution in [-0.4, -0.2) is 77.6 Å². The fraction of sp³-hybridized carbons (Fsp3) is 0.550. The maximum atomic E-state index is 12.6. The van der Waals surface area contributed by atoms with Gasteiger partial charge in [0.2, 0.25) is 5.95 Å². The van der Waals surface area contributed by atoms with Gasteiger partial charge in [-0.2, -0.15) is 0 Å². The number of hydrogen-bond acceptors (Lipinski definition) is 6. The van der Waals surface area contributed by atoms with Gasteiger partial charge in [0.15, 0.2) is 0 Å². The zero-order chi connectivity index (χ0) is 20.6. The summed E-state index contributed by atoms with van der Waals surface area (Å²) in [7, 11) is 1.61. The number of methoxy groups -OCH3 is 1. The van der Waals surface area contributed by atoms with Gasteiger partial charge in [0.25, 0.3) is 0 Å². The van der Waals surface area contributed by atoms with Crippen LogP contribution in [0.4, 0.5) is 16.4 Å². The molecule has 2 aromatic rings. The van der Waals surface area contributed by atoms with Gasteiger partial charge in [0, 0.05) is 26.2 Å². The van der Waals surface area contributed by atoms with Gasteiger partial charge in [-0.05, 0) is 38.8 Å². The van der Waals surface area contributed by atoms with E-state index in [1.165, 1.54) is 0 Å². The number of aliphatic hydroxyl groups is 1. The zero-order valence-electron chi connectivity index (χ0n) is 16.9. The van der Waals surface area contributed by atoms with Crippen LogP contribution >= 0.6 is 0 Å². The summed E-state index contributed by atoms with van der Waals surface area (Å²) >= 11 is 0. The largest absolute Gasteiger partial charge is 0.494 e. The predicted octanol–water partition coefficient (Wildman–Crippen LogP) is 1.99. The molecule has 1 atom stereocenters. The van der Waals surface area contributed by atoms with Crippen LogP contribution in [-0.2, 0) is 4.74 Å². The molecule has 0 bridgehead atoms. The van der Waals surface area contributed by atoms with Gasteiger partial charge in [0.1, 0.15) is 16.8 Å². The lowest BCUT2D eigenvalue weighted by Gasteiger charge is -2.35. The van der Waals surface area contributed by atoms with Gasteiger partial charge in [0.05, 0.1) is 31.1 Å². The lowest BCUT2D eigenvalue weighted by atomic mass is 9.94. The average Bonchev–Trinajstić information content (AvgIpc) is 3.10. The van der Waals surface area contributed by atoms with Gasteiger partial charge >= 0.3 is 6.03 Å². The van der Waals surface area contributed by atoms with Crippen LogP contribution in [0.3, 0.4) is 0 Å². The Hall–Kier alpha value is -2.52. The summed E-state index contributed by atoms with van der Waals surface area (Å²) in [5.41, 5.74) is 1.70. The number of aromatic nitrogens is 2. The number of amides is 2. The Morgan fingerprint density at radius 3 is 2.86 bits per heavy atom. The molecule has 1 aromatic carbocycles. The van der Waals surface area contributed by atoms with E-state index in [0.717, 1.165) is 23.3 Å². The van der Waals surface area contributed by atoms with Gasteiger partial charge in [-0.15, -0.1) is 0 Å². The molecule has 0 spiro atoms. The molecule has 157 valence electrons. The Bertz CT molecular complexity index is 886. The number of nitrogens with one attached hydrogen (secondary N) is 2. The van der Waals surface area contributed by atoms with E-state index >= 15 is 0 Å². The Morgan fingerprint density at radius 2 is 2.17 bits per heavy atom. The minimum atomic E-state index is -0.706. The van der Waals surface area contributed by atoms with Crippen LogP contribution in [0.15, 0.2) is 12.1 Å². The van der Waals surface area contributed by atoms with E-state index < -0.39 is 5.60 Å². The number of fused-ring (bicyclic) bond motifs is 1. The number of carbonyl (C=O) groups is 1. The van der Waals surface area contributed by atoms with Crippen molar-refractivity contribution in [3.05, 3.63) is 19.1 Å². The van der Waals surface area contributed by atoms with Crippen LogP contribution in [0, 0.1) is 6.92 Å². The molecule has 29 heavy (non-hydrogen) atoms. The van der Waals surface area contributed by atoms with Crippen molar-refractivity contribution in [3.8, 4) is 5.75 Å². The Morgan fingerprint density at radius 1 is 1.41 bits per heavy atom. The number of imidazole rings is 1. The molecule has 2 amide bonds. The number of likely N-dealkylation sites (tertiary alicyclic amines) is 1. The third kappa shape index (κ3) is 4.11. The van der Waals surface area contributed by atoms with Crippen LogP contribution in [0.1, 0.15) is 19.8 Å². The number of piperidine rings is 1. The summed E-state index contributed by atoms with van der Waals surface area (Å²) in [6.45, 7) is 8.83. The Kier molecular flexibility index (Phi) is 5.26. The minimum absolute atomic E-state index is 0.102. The maximum Gasteiger partial charge on any atom is 0.324 e. The molecule has 1 aromatic heterocycles.